The molecule has 4 heteroatoms. The van der Waals surface area contributed by atoms with Gasteiger partial charge in [-0.05, 0) is 32.1 Å². The highest BCUT2D eigenvalue weighted by molar-refractivity contribution is 5.76. The van der Waals surface area contributed by atoms with E-state index in [9.17, 15) is 9.59 Å². The third kappa shape index (κ3) is 16.8. The first-order valence-electron chi connectivity index (χ1n) is 11.6. The van der Waals surface area contributed by atoms with Gasteiger partial charge in [-0.1, -0.05) is 72.1 Å². The summed E-state index contributed by atoms with van der Waals surface area (Å²) in [4.78, 5) is 26.3. The largest absolute Gasteiger partial charge is 0.466 e. The number of rotatable bonds is 19. The first kappa shape index (κ1) is 25.9. The predicted molar refractivity (Wildman–Crippen MR) is 114 cm³/mol. The SMILES string of the molecule is CCCCCCN(CCCCCC)C(=O)CCCCC(=O)OCCCCC. The molecule has 160 valence electrons. The van der Waals surface area contributed by atoms with Crippen LogP contribution in [0.3, 0.4) is 0 Å². The van der Waals surface area contributed by atoms with Crippen LogP contribution >= 0.6 is 0 Å². The zero-order valence-corrected chi connectivity index (χ0v) is 18.4. The quantitative estimate of drug-likeness (QED) is 0.195. The van der Waals surface area contributed by atoms with Crippen molar-refractivity contribution in [3.8, 4) is 0 Å². The molecule has 0 radical (unpaired) electrons. The lowest BCUT2D eigenvalue weighted by Gasteiger charge is -2.23. The van der Waals surface area contributed by atoms with Gasteiger partial charge in [0.15, 0.2) is 0 Å². The summed E-state index contributed by atoms with van der Waals surface area (Å²) >= 11 is 0. The Morgan fingerprint density at radius 2 is 1.15 bits per heavy atom. The van der Waals surface area contributed by atoms with Crippen molar-refractivity contribution in [3.63, 3.8) is 0 Å². The Morgan fingerprint density at radius 3 is 1.70 bits per heavy atom. The van der Waals surface area contributed by atoms with Gasteiger partial charge in [0.05, 0.1) is 6.61 Å². The molecule has 0 rings (SSSR count). The molecule has 0 aliphatic rings. The van der Waals surface area contributed by atoms with E-state index in [1.807, 2.05) is 0 Å². The van der Waals surface area contributed by atoms with Crippen LogP contribution in [0.1, 0.15) is 117 Å². The Kier molecular flexibility index (Phi) is 18.9. The van der Waals surface area contributed by atoms with E-state index in [4.69, 9.17) is 4.74 Å². The summed E-state index contributed by atoms with van der Waals surface area (Å²) in [6.45, 7) is 8.88. The maximum atomic E-state index is 12.6. The fourth-order valence-electron chi connectivity index (χ4n) is 3.13. The Bertz CT molecular complexity index is 346. The molecule has 0 spiro atoms. The van der Waals surface area contributed by atoms with Crippen molar-refractivity contribution in [3.05, 3.63) is 0 Å². The molecule has 0 aromatic carbocycles. The Labute approximate surface area is 168 Å². The van der Waals surface area contributed by atoms with Crippen molar-refractivity contribution in [2.24, 2.45) is 0 Å². The molecular formula is C23H45NO3. The lowest BCUT2D eigenvalue weighted by molar-refractivity contribution is -0.144. The van der Waals surface area contributed by atoms with E-state index in [2.05, 4.69) is 25.7 Å². The van der Waals surface area contributed by atoms with Crippen LogP contribution in [0.25, 0.3) is 0 Å². The Balaban J connectivity index is 4.00. The van der Waals surface area contributed by atoms with Crippen LogP contribution in [-0.4, -0.2) is 36.5 Å². The number of esters is 1. The highest BCUT2D eigenvalue weighted by Crippen LogP contribution is 2.10. The molecule has 0 N–H and O–H groups in total. The van der Waals surface area contributed by atoms with E-state index in [1.54, 1.807) is 0 Å². The predicted octanol–water partition coefficient (Wildman–Crippen LogP) is 6.27. The molecule has 0 aliphatic heterocycles. The summed E-state index contributed by atoms with van der Waals surface area (Å²) < 4.78 is 5.22. The van der Waals surface area contributed by atoms with E-state index < -0.39 is 0 Å². The van der Waals surface area contributed by atoms with Crippen LogP contribution in [0.4, 0.5) is 0 Å². The van der Waals surface area contributed by atoms with E-state index >= 15 is 0 Å². The second-order valence-electron chi connectivity index (χ2n) is 7.64. The van der Waals surface area contributed by atoms with Crippen molar-refractivity contribution in [1.29, 1.82) is 0 Å². The number of unbranched alkanes of at least 4 members (excludes halogenated alkanes) is 9. The molecule has 0 aromatic rings. The first-order chi connectivity index (χ1) is 13.2. The van der Waals surface area contributed by atoms with Crippen LogP contribution in [0.15, 0.2) is 0 Å². The van der Waals surface area contributed by atoms with Crippen LogP contribution in [0.2, 0.25) is 0 Å². The van der Waals surface area contributed by atoms with E-state index in [1.165, 1.54) is 38.5 Å². The third-order valence-electron chi connectivity index (χ3n) is 4.95. The second kappa shape index (κ2) is 19.7. The monoisotopic (exact) mass is 383 g/mol. The van der Waals surface area contributed by atoms with Gasteiger partial charge in [0.1, 0.15) is 0 Å². The maximum absolute atomic E-state index is 12.6. The summed E-state index contributed by atoms with van der Waals surface area (Å²) in [6.07, 6.45) is 15.3. The molecule has 0 saturated heterocycles. The molecule has 1 amide bonds. The van der Waals surface area contributed by atoms with Crippen molar-refractivity contribution >= 4 is 11.9 Å². The normalized spacial score (nSPS) is 10.8. The standard InChI is InChI=1S/C23H45NO3/c1-4-7-10-14-19-24(20-15-11-8-5-2)22(25)17-12-13-18-23(26)27-21-16-9-6-3/h4-21H2,1-3H3. The topological polar surface area (TPSA) is 46.6 Å². The molecule has 0 fully saturated rings. The first-order valence-corrected chi connectivity index (χ1v) is 11.6. The molecule has 0 aliphatic carbocycles. The number of amides is 1. The summed E-state index contributed by atoms with van der Waals surface area (Å²) in [5.41, 5.74) is 0. The average molecular weight is 384 g/mol. The van der Waals surface area contributed by atoms with Crippen molar-refractivity contribution in [2.75, 3.05) is 19.7 Å². The molecule has 4 nitrogen and oxygen atoms in total. The number of hydrogen-bond acceptors (Lipinski definition) is 3. The number of nitrogens with zero attached hydrogens (tertiary/aromatic N) is 1. The van der Waals surface area contributed by atoms with E-state index in [-0.39, 0.29) is 11.9 Å². The molecule has 0 saturated carbocycles. The van der Waals surface area contributed by atoms with Gasteiger partial charge in [0.25, 0.3) is 0 Å². The van der Waals surface area contributed by atoms with Gasteiger partial charge in [-0.25, -0.2) is 0 Å². The lowest BCUT2D eigenvalue weighted by Crippen LogP contribution is -2.32. The minimum absolute atomic E-state index is 0.116. The molecule has 0 heterocycles. The van der Waals surface area contributed by atoms with Crippen molar-refractivity contribution in [2.45, 2.75) is 117 Å². The Morgan fingerprint density at radius 1 is 0.630 bits per heavy atom. The number of carbonyl (C=O) groups is 2. The fraction of sp³-hybridized carbons (Fsp3) is 0.913. The summed E-state index contributed by atoms with van der Waals surface area (Å²) in [6, 6.07) is 0. The molecule has 0 unspecified atom stereocenters. The van der Waals surface area contributed by atoms with E-state index in [0.717, 1.165) is 58.0 Å². The number of hydrogen-bond donors (Lipinski definition) is 0. The molecule has 0 atom stereocenters. The minimum Gasteiger partial charge on any atom is -0.466 e. The van der Waals surface area contributed by atoms with E-state index in [0.29, 0.717) is 19.4 Å². The van der Waals surface area contributed by atoms with Gasteiger partial charge in [-0.2, -0.15) is 0 Å². The molecule has 27 heavy (non-hydrogen) atoms. The van der Waals surface area contributed by atoms with Crippen LogP contribution in [0, 0.1) is 0 Å². The highest BCUT2D eigenvalue weighted by atomic mass is 16.5. The van der Waals surface area contributed by atoms with Gasteiger partial charge < -0.3 is 9.64 Å². The number of ether oxygens (including phenoxy) is 1. The smallest absolute Gasteiger partial charge is 0.305 e. The highest BCUT2D eigenvalue weighted by Gasteiger charge is 2.13. The lowest BCUT2D eigenvalue weighted by atomic mass is 10.1. The molecule has 0 aromatic heterocycles. The molecule has 0 bridgehead atoms. The summed E-state index contributed by atoms with van der Waals surface area (Å²) in [5.74, 6) is 0.147. The third-order valence-corrected chi connectivity index (χ3v) is 4.95. The summed E-state index contributed by atoms with van der Waals surface area (Å²) in [7, 11) is 0. The molecular weight excluding hydrogens is 338 g/mol. The average Bonchev–Trinajstić information content (AvgIpc) is 2.67. The zero-order chi connectivity index (χ0) is 20.2. The van der Waals surface area contributed by atoms with Crippen LogP contribution < -0.4 is 0 Å². The van der Waals surface area contributed by atoms with Gasteiger partial charge in [-0.3, -0.25) is 9.59 Å². The summed E-state index contributed by atoms with van der Waals surface area (Å²) in [5, 5.41) is 0. The second-order valence-corrected chi connectivity index (χ2v) is 7.64. The zero-order valence-electron chi connectivity index (χ0n) is 18.4. The van der Waals surface area contributed by atoms with Crippen molar-refractivity contribution < 1.29 is 14.3 Å². The fourth-order valence-corrected chi connectivity index (χ4v) is 3.13. The van der Waals surface area contributed by atoms with Crippen molar-refractivity contribution in [1.82, 2.24) is 4.90 Å². The van der Waals surface area contributed by atoms with Gasteiger partial charge >= 0.3 is 5.97 Å². The van der Waals surface area contributed by atoms with Gasteiger partial charge in [0, 0.05) is 25.9 Å². The Hall–Kier alpha value is -1.06. The minimum atomic E-state index is -0.116. The van der Waals surface area contributed by atoms with Gasteiger partial charge in [-0.15, -0.1) is 0 Å². The van der Waals surface area contributed by atoms with Gasteiger partial charge in [0.2, 0.25) is 5.91 Å². The maximum Gasteiger partial charge on any atom is 0.305 e. The number of carbonyl (C=O) groups excluding carboxylic acids is 2. The van der Waals surface area contributed by atoms with Crippen LogP contribution in [0.5, 0.6) is 0 Å². The van der Waals surface area contributed by atoms with Crippen LogP contribution in [-0.2, 0) is 14.3 Å².